The van der Waals surface area contributed by atoms with Gasteiger partial charge in [-0.1, -0.05) is 60.0 Å². The SMILES string of the molecule is CC(C)CCC[C@@H](C)[C@H]1CC=C2C3=C([C@@H](O)C[C@@]21C)[C@@]1(C)C[C@@H](O)CCC1CC3. The molecule has 1 unspecified atom stereocenters. The van der Waals surface area contributed by atoms with E-state index in [-0.39, 0.29) is 23.0 Å². The van der Waals surface area contributed by atoms with Crippen LogP contribution in [0.15, 0.2) is 22.8 Å². The lowest BCUT2D eigenvalue weighted by molar-refractivity contribution is -0.00510. The predicted molar refractivity (Wildman–Crippen MR) is 120 cm³/mol. The number of hydrogen-bond donors (Lipinski definition) is 2. The van der Waals surface area contributed by atoms with Crippen molar-refractivity contribution in [2.24, 2.45) is 34.5 Å². The molecule has 164 valence electrons. The zero-order valence-electron chi connectivity index (χ0n) is 19.5. The van der Waals surface area contributed by atoms with Gasteiger partial charge < -0.3 is 10.2 Å². The van der Waals surface area contributed by atoms with E-state index in [1.54, 1.807) is 5.57 Å². The molecule has 29 heavy (non-hydrogen) atoms. The fourth-order valence-corrected chi connectivity index (χ4v) is 8.00. The lowest BCUT2D eigenvalue weighted by Crippen LogP contribution is -2.49. The van der Waals surface area contributed by atoms with E-state index >= 15 is 0 Å². The summed E-state index contributed by atoms with van der Waals surface area (Å²) in [5.41, 5.74) is 4.53. The summed E-state index contributed by atoms with van der Waals surface area (Å²) in [5, 5.41) is 21.9. The second kappa shape index (κ2) is 7.83. The molecule has 0 bridgehead atoms. The van der Waals surface area contributed by atoms with Crippen molar-refractivity contribution < 1.29 is 10.2 Å². The monoisotopic (exact) mass is 400 g/mol. The van der Waals surface area contributed by atoms with Crippen molar-refractivity contribution in [3.63, 3.8) is 0 Å². The maximum atomic E-state index is 11.5. The van der Waals surface area contributed by atoms with Gasteiger partial charge in [-0.3, -0.25) is 0 Å². The summed E-state index contributed by atoms with van der Waals surface area (Å²) in [6, 6.07) is 0. The summed E-state index contributed by atoms with van der Waals surface area (Å²) in [6.07, 6.45) is 13.3. The van der Waals surface area contributed by atoms with Crippen LogP contribution in [0.4, 0.5) is 0 Å². The molecule has 4 rings (SSSR count). The molecule has 4 aliphatic rings. The van der Waals surface area contributed by atoms with Crippen LogP contribution < -0.4 is 0 Å². The molecule has 0 spiro atoms. The van der Waals surface area contributed by atoms with Crippen molar-refractivity contribution in [2.45, 2.75) is 111 Å². The number of rotatable bonds is 5. The lowest BCUT2D eigenvalue weighted by atomic mass is 9.50. The average Bonchev–Trinajstić information content (AvgIpc) is 2.96. The third-order valence-electron chi connectivity index (χ3n) is 9.51. The van der Waals surface area contributed by atoms with Crippen molar-refractivity contribution in [1.82, 2.24) is 0 Å². The first-order valence-electron chi connectivity index (χ1n) is 12.5. The first-order valence-corrected chi connectivity index (χ1v) is 12.5. The Labute approximate surface area is 178 Å². The Balaban J connectivity index is 1.60. The number of hydrogen-bond acceptors (Lipinski definition) is 2. The highest BCUT2D eigenvalue weighted by Crippen LogP contribution is 2.64. The van der Waals surface area contributed by atoms with Crippen LogP contribution in [-0.4, -0.2) is 22.4 Å². The molecule has 7 atom stereocenters. The molecule has 2 nitrogen and oxygen atoms in total. The van der Waals surface area contributed by atoms with Gasteiger partial charge in [0.15, 0.2) is 0 Å². The maximum Gasteiger partial charge on any atom is 0.0769 e. The molecule has 0 aromatic rings. The first kappa shape index (κ1) is 21.6. The highest BCUT2D eigenvalue weighted by atomic mass is 16.3. The highest BCUT2D eigenvalue weighted by Gasteiger charge is 2.55. The van der Waals surface area contributed by atoms with E-state index in [2.05, 4.69) is 40.7 Å². The smallest absolute Gasteiger partial charge is 0.0769 e. The second-order valence-corrected chi connectivity index (χ2v) is 11.9. The van der Waals surface area contributed by atoms with Gasteiger partial charge in [0, 0.05) is 0 Å². The summed E-state index contributed by atoms with van der Waals surface area (Å²) in [7, 11) is 0. The molecule has 0 radical (unpaired) electrons. The van der Waals surface area contributed by atoms with Crippen LogP contribution in [0.5, 0.6) is 0 Å². The molecule has 1 saturated carbocycles. The van der Waals surface area contributed by atoms with Crippen LogP contribution in [0.1, 0.15) is 98.8 Å². The van der Waals surface area contributed by atoms with Gasteiger partial charge in [0.1, 0.15) is 0 Å². The van der Waals surface area contributed by atoms with Crippen molar-refractivity contribution in [3.05, 3.63) is 22.8 Å². The van der Waals surface area contributed by atoms with E-state index < -0.39 is 0 Å². The van der Waals surface area contributed by atoms with Crippen LogP contribution in [0.3, 0.4) is 0 Å². The summed E-state index contributed by atoms with van der Waals surface area (Å²) in [6.45, 7) is 11.9. The molecule has 1 fully saturated rings. The van der Waals surface area contributed by atoms with Crippen molar-refractivity contribution in [3.8, 4) is 0 Å². The fourth-order valence-electron chi connectivity index (χ4n) is 8.00. The fraction of sp³-hybridized carbons (Fsp3) is 0.852. The Morgan fingerprint density at radius 2 is 1.76 bits per heavy atom. The van der Waals surface area contributed by atoms with Crippen LogP contribution in [0, 0.1) is 34.5 Å². The Morgan fingerprint density at radius 1 is 1.00 bits per heavy atom. The number of allylic oxidation sites excluding steroid dienone is 3. The summed E-state index contributed by atoms with van der Waals surface area (Å²) in [5.74, 6) is 2.80. The van der Waals surface area contributed by atoms with E-state index in [4.69, 9.17) is 0 Å². The van der Waals surface area contributed by atoms with Gasteiger partial charge >= 0.3 is 0 Å². The molecule has 0 heterocycles. The first-order chi connectivity index (χ1) is 13.7. The Bertz CT molecular complexity index is 689. The van der Waals surface area contributed by atoms with Crippen LogP contribution >= 0.6 is 0 Å². The molecule has 0 amide bonds. The third kappa shape index (κ3) is 3.57. The summed E-state index contributed by atoms with van der Waals surface area (Å²) < 4.78 is 0. The Morgan fingerprint density at radius 3 is 2.48 bits per heavy atom. The zero-order valence-corrected chi connectivity index (χ0v) is 19.5. The topological polar surface area (TPSA) is 40.5 Å². The largest absolute Gasteiger partial charge is 0.393 e. The van der Waals surface area contributed by atoms with E-state index in [1.165, 1.54) is 43.3 Å². The van der Waals surface area contributed by atoms with Gasteiger partial charge in [-0.2, -0.15) is 0 Å². The molecule has 0 saturated heterocycles. The van der Waals surface area contributed by atoms with E-state index in [9.17, 15) is 10.2 Å². The molecule has 0 aromatic heterocycles. The third-order valence-corrected chi connectivity index (χ3v) is 9.51. The van der Waals surface area contributed by atoms with Crippen molar-refractivity contribution in [2.75, 3.05) is 0 Å². The number of fused-ring (bicyclic) bond motifs is 4. The molecule has 4 aliphatic carbocycles. The second-order valence-electron chi connectivity index (χ2n) is 11.9. The van der Waals surface area contributed by atoms with Crippen molar-refractivity contribution >= 4 is 0 Å². The Kier molecular flexibility index (Phi) is 5.84. The van der Waals surface area contributed by atoms with Gasteiger partial charge in [-0.15, -0.1) is 0 Å². The molecule has 2 N–H and O–H groups in total. The molecule has 0 aromatic carbocycles. The van der Waals surface area contributed by atoms with E-state index in [1.807, 2.05) is 0 Å². The summed E-state index contributed by atoms with van der Waals surface area (Å²) >= 11 is 0. The number of aliphatic hydroxyl groups is 2. The van der Waals surface area contributed by atoms with Crippen LogP contribution in [0.2, 0.25) is 0 Å². The standard InChI is InChI=1S/C27H44O2/c1-17(2)7-6-8-18(3)22-13-14-23-21-12-10-19-9-11-20(28)15-26(19,4)25(21)24(29)16-27(22,23)5/h14,17-20,22,24,28-29H,6-13,15-16H2,1-5H3/t18-,19?,20+,22-,24+,26+,27-/m1/s1. The van der Waals surface area contributed by atoms with Gasteiger partial charge in [-0.05, 0) is 96.2 Å². The molecule has 0 aliphatic heterocycles. The van der Waals surface area contributed by atoms with E-state index in [0.29, 0.717) is 17.8 Å². The van der Waals surface area contributed by atoms with E-state index in [0.717, 1.165) is 38.0 Å². The summed E-state index contributed by atoms with van der Waals surface area (Å²) in [4.78, 5) is 0. The van der Waals surface area contributed by atoms with Crippen LogP contribution in [0.25, 0.3) is 0 Å². The zero-order chi connectivity index (χ0) is 21.0. The van der Waals surface area contributed by atoms with Crippen molar-refractivity contribution in [1.29, 1.82) is 0 Å². The highest BCUT2D eigenvalue weighted by molar-refractivity contribution is 5.51. The molecular formula is C27H44O2. The minimum Gasteiger partial charge on any atom is -0.393 e. The lowest BCUT2D eigenvalue weighted by Gasteiger charge is -2.55. The number of aliphatic hydroxyl groups excluding tert-OH is 2. The molecular weight excluding hydrogens is 356 g/mol. The predicted octanol–water partition coefficient (Wildman–Crippen LogP) is 6.42. The van der Waals surface area contributed by atoms with Gasteiger partial charge in [0.25, 0.3) is 0 Å². The molecule has 2 heteroatoms. The minimum absolute atomic E-state index is 0.00615. The maximum absolute atomic E-state index is 11.5. The average molecular weight is 401 g/mol. The van der Waals surface area contributed by atoms with Gasteiger partial charge in [0.05, 0.1) is 12.2 Å². The Hall–Kier alpha value is -0.600. The van der Waals surface area contributed by atoms with Gasteiger partial charge in [0.2, 0.25) is 0 Å². The van der Waals surface area contributed by atoms with Crippen LogP contribution in [-0.2, 0) is 0 Å². The normalized spacial score (nSPS) is 43.0. The minimum atomic E-state index is -0.325. The van der Waals surface area contributed by atoms with Gasteiger partial charge in [-0.25, -0.2) is 0 Å². The quantitative estimate of drug-likeness (QED) is 0.559.